The number of ether oxygens (including phenoxy) is 1. The predicted octanol–water partition coefficient (Wildman–Crippen LogP) is 1.66. The molecule has 0 spiro atoms. The minimum absolute atomic E-state index is 0.267. The average Bonchev–Trinajstić information content (AvgIpc) is 2.12. The number of rotatable bonds is 0. The summed E-state index contributed by atoms with van der Waals surface area (Å²) in [5, 5.41) is 3.42. The van der Waals surface area contributed by atoms with E-state index in [1.165, 1.54) is 0 Å². The van der Waals surface area contributed by atoms with E-state index in [4.69, 9.17) is 4.74 Å². The smallest absolute Gasteiger partial charge is 0.0591 e. The van der Waals surface area contributed by atoms with Gasteiger partial charge in [0.15, 0.2) is 0 Å². The summed E-state index contributed by atoms with van der Waals surface area (Å²) in [6, 6.07) is 0. The molecule has 1 aliphatic heterocycles. The number of hydrogen-bond donors (Lipinski definition) is 1. The lowest BCUT2D eigenvalue weighted by molar-refractivity contribution is 0.00936. The highest BCUT2D eigenvalue weighted by molar-refractivity contribution is 4.89. The molecular weight excluding hydrogens is 150 g/mol. The highest BCUT2D eigenvalue weighted by atomic mass is 16.5. The van der Waals surface area contributed by atoms with Crippen LogP contribution >= 0.6 is 0 Å². The molecule has 0 aromatic rings. The van der Waals surface area contributed by atoms with E-state index in [0.29, 0.717) is 5.41 Å². The first kappa shape index (κ1) is 10.0. The standard InChI is InChI=1S/C10H21NO/c1-9(2,3)10(4)7-11-5-6-12-8-10/h11H,5-8H2,1-4H3. The van der Waals surface area contributed by atoms with E-state index in [9.17, 15) is 0 Å². The van der Waals surface area contributed by atoms with Crippen molar-refractivity contribution in [3.05, 3.63) is 0 Å². The van der Waals surface area contributed by atoms with Crippen molar-refractivity contribution in [2.24, 2.45) is 10.8 Å². The van der Waals surface area contributed by atoms with Gasteiger partial charge in [0.1, 0.15) is 0 Å². The van der Waals surface area contributed by atoms with Gasteiger partial charge in [-0.25, -0.2) is 0 Å². The molecule has 2 nitrogen and oxygen atoms in total. The molecule has 72 valence electrons. The molecule has 1 N–H and O–H groups in total. The summed E-state index contributed by atoms with van der Waals surface area (Å²) in [7, 11) is 0. The van der Waals surface area contributed by atoms with Crippen molar-refractivity contribution in [3.63, 3.8) is 0 Å². The molecule has 0 aliphatic carbocycles. The van der Waals surface area contributed by atoms with Gasteiger partial charge in [-0.3, -0.25) is 0 Å². The minimum Gasteiger partial charge on any atom is -0.379 e. The summed E-state index contributed by atoms with van der Waals surface area (Å²) in [6.07, 6.45) is 0. The maximum Gasteiger partial charge on any atom is 0.0591 e. The van der Waals surface area contributed by atoms with E-state index in [1.54, 1.807) is 0 Å². The first-order chi connectivity index (χ1) is 5.46. The fourth-order valence-corrected chi connectivity index (χ4v) is 1.34. The maximum absolute atomic E-state index is 5.57. The van der Waals surface area contributed by atoms with Gasteiger partial charge in [0.25, 0.3) is 0 Å². The summed E-state index contributed by atoms with van der Waals surface area (Å²) in [5.74, 6) is 0. The van der Waals surface area contributed by atoms with Crippen LogP contribution in [0.15, 0.2) is 0 Å². The molecule has 1 unspecified atom stereocenters. The zero-order chi connectivity index (χ0) is 9.24. The van der Waals surface area contributed by atoms with Gasteiger partial charge in [0.2, 0.25) is 0 Å². The van der Waals surface area contributed by atoms with Crippen LogP contribution in [0.2, 0.25) is 0 Å². The molecular formula is C10H21NO. The normalized spacial score (nSPS) is 33.0. The molecule has 0 aromatic heterocycles. The summed E-state index contributed by atoms with van der Waals surface area (Å²) < 4.78 is 5.57. The maximum atomic E-state index is 5.57. The Labute approximate surface area is 75.7 Å². The van der Waals surface area contributed by atoms with Crippen molar-refractivity contribution in [1.29, 1.82) is 0 Å². The lowest BCUT2D eigenvalue weighted by atomic mass is 9.68. The second kappa shape index (κ2) is 3.35. The number of nitrogens with one attached hydrogen (secondary N) is 1. The van der Waals surface area contributed by atoms with E-state index < -0.39 is 0 Å². The fourth-order valence-electron chi connectivity index (χ4n) is 1.34. The van der Waals surface area contributed by atoms with Gasteiger partial charge in [-0.05, 0) is 5.41 Å². The molecule has 1 heterocycles. The predicted molar refractivity (Wildman–Crippen MR) is 51.3 cm³/mol. The molecule has 2 heteroatoms. The first-order valence-electron chi connectivity index (χ1n) is 4.74. The highest BCUT2D eigenvalue weighted by Gasteiger charge is 2.38. The van der Waals surface area contributed by atoms with E-state index in [1.807, 2.05) is 0 Å². The first-order valence-corrected chi connectivity index (χ1v) is 4.74. The molecule has 0 saturated carbocycles. The van der Waals surface area contributed by atoms with Gasteiger partial charge >= 0.3 is 0 Å². The molecule has 1 fully saturated rings. The Balaban J connectivity index is 2.67. The fraction of sp³-hybridized carbons (Fsp3) is 1.00. The van der Waals surface area contributed by atoms with Crippen molar-refractivity contribution in [3.8, 4) is 0 Å². The van der Waals surface area contributed by atoms with Crippen LogP contribution in [0.3, 0.4) is 0 Å². The van der Waals surface area contributed by atoms with E-state index in [-0.39, 0.29) is 5.41 Å². The molecule has 0 amide bonds. The lowest BCUT2D eigenvalue weighted by Gasteiger charge is -2.40. The molecule has 0 bridgehead atoms. The van der Waals surface area contributed by atoms with Gasteiger partial charge in [0.05, 0.1) is 13.2 Å². The number of hydrogen-bond acceptors (Lipinski definition) is 2. The van der Waals surface area contributed by atoms with Gasteiger partial charge in [0, 0.05) is 18.5 Å². The Kier molecular flexibility index (Phi) is 2.79. The minimum atomic E-state index is 0.267. The zero-order valence-corrected chi connectivity index (χ0v) is 8.74. The van der Waals surface area contributed by atoms with Crippen LogP contribution in [0.1, 0.15) is 27.7 Å². The Hall–Kier alpha value is -0.0800. The quantitative estimate of drug-likeness (QED) is 0.598. The van der Waals surface area contributed by atoms with Gasteiger partial charge in [-0.1, -0.05) is 27.7 Å². The second-order valence-corrected chi connectivity index (χ2v) is 5.04. The second-order valence-electron chi connectivity index (χ2n) is 5.04. The van der Waals surface area contributed by atoms with Crippen molar-refractivity contribution in [2.75, 3.05) is 26.3 Å². The average molecular weight is 171 g/mol. The Morgan fingerprint density at radius 1 is 1.33 bits per heavy atom. The van der Waals surface area contributed by atoms with Crippen LogP contribution in [0.25, 0.3) is 0 Å². The van der Waals surface area contributed by atoms with Crippen LogP contribution < -0.4 is 5.32 Å². The molecule has 0 aromatic carbocycles. The summed E-state index contributed by atoms with van der Waals surface area (Å²) in [4.78, 5) is 0. The van der Waals surface area contributed by atoms with Crippen LogP contribution in [-0.4, -0.2) is 26.3 Å². The zero-order valence-electron chi connectivity index (χ0n) is 8.74. The molecule has 0 radical (unpaired) electrons. The Bertz CT molecular complexity index is 140. The molecule has 12 heavy (non-hydrogen) atoms. The van der Waals surface area contributed by atoms with Gasteiger partial charge < -0.3 is 10.1 Å². The lowest BCUT2D eigenvalue weighted by Crippen LogP contribution is -2.43. The van der Waals surface area contributed by atoms with Crippen molar-refractivity contribution in [2.45, 2.75) is 27.7 Å². The largest absolute Gasteiger partial charge is 0.379 e. The Morgan fingerprint density at radius 2 is 2.00 bits per heavy atom. The summed E-state index contributed by atoms with van der Waals surface area (Å²) in [6.45, 7) is 12.9. The topological polar surface area (TPSA) is 21.3 Å². The van der Waals surface area contributed by atoms with E-state index in [2.05, 4.69) is 33.0 Å². The summed E-state index contributed by atoms with van der Waals surface area (Å²) in [5.41, 5.74) is 0.577. The molecule has 1 atom stereocenters. The third-order valence-electron chi connectivity index (χ3n) is 3.17. The van der Waals surface area contributed by atoms with Crippen LogP contribution in [0, 0.1) is 10.8 Å². The monoisotopic (exact) mass is 171 g/mol. The van der Waals surface area contributed by atoms with Crippen molar-refractivity contribution < 1.29 is 4.74 Å². The molecule has 1 rings (SSSR count). The third kappa shape index (κ3) is 1.99. The van der Waals surface area contributed by atoms with Crippen LogP contribution in [-0.2, 0) is 4.74 Å². The van der Waals surface area contributed by atoms with E-state index >= 15 is 0 Å². The highest BCUT2D eigenvalue weighted by Crippen LogP contribution is 2.38. The van der Waals surface area contributed by atoms with Crippen LogP contribution in [0.5, 0.6) is 0 Å². The Morgan fingerprint density at radius 3 is 2.58 bits per heavy atom. The third-order valence-corrected chi connectivity index (χ3v) is 3.17. The summed E-state index contributed by atoms with van der Waals surface area (Å²) >= 11 is 0. The molecule has 1 saturated heterocycles. The SMILES string of the molecule is CC(C)(C)C1(C)CNCCOC1. The van der Waals surface area contributed by atoms with Crippen molar-refractivity contribution >= 4 is 0 Å². The van der Waals surface area contributed by atoms with Gasteiger partial charge in [-0.2, -0.15) is 0 Å². The van der Waals surface area contributed by atoms with Crippen molar-refractivity contribution in [1.82, 2.24) is 5.32 Å². The van der Waals surface area contributed by atoms with Crippen LogP contribution in [0.4, 0.5) is 0 Å². The molecule has 1 aliphatic rings. The van der Waals surface area contributed by atoms with Gasteiger partial charge in [-0.15, -0.1) is 0 Å². The van der Waals surface area contributed by atoms with E-state index in [0.717, 1.165) is 26.3 Å².